The summed E-state index contributed by atoms with van der Waals surface area (Å²) in [5.74, 6) is 1.38. The van der Waals surface area contributed by atoms with Gasteiger partial charge in [0.15, 0.2) is 0 Å². The van der Waals surface area contributed by atoms with Crippen LogP contribution >= 0.6 is 0 Å². The van der Waals surface area contributed by atoms with Gasteiger partial charge in [-0.15, -0.1) is 0 Å². The Hall–Kier alpha value is -2.54. The SMILES string of the molecule is CCOc1ccccc1N(CC(=O)N[C@@H]1C[C@@H]2CC[C@@H]1C2)S(=O)(=O)c1ccccc1. The van der Waals surface area contributed by atoms with E-state index < -0.39 is 10.0 Å². The lowest BCUT2D eigenvalue weighted by Gasteiger charge is -2.28. The first-order chi connectivity index (χ1) is 14.5. The van der Waals surface area contributed by atoms with E-state index in [4.69, 9.17) is 4.74 Å². The fourth-order valence-electron chi connectivity index (χ4n) is 4.76. The van der Waals surface area contributed by atoms with E-state index in [1.165, 1.54) is 12.8 Å². The van der Waals surface area contributed by atoms with Gasteiger partial charge < -0.3 is 10.1 Å². The third-order valence-corrected chi connectivity index (χ3v) is 7.91. The molecule has 6 nitrogen and oxygen atoms in total. The second kappa shape index (κ2) is 8.68. The van der Waals surface area contributed by atoms with Crippen molar-refractivity contribution in [3.63, 3.8) is 0 Å². The Labute approximate surface area is 178 Å². The number of amides is 1. The molecule has 0 spiro atoms. The Kier molecular flexibility index (Phi) is 5.99. The molecule has 1 N–H and O–H groups in total. The van der Waals surface area contributed by atoms with Crippen molar-refractivity contribution < 1.29 is 17.9 Å². The zero-order valence-corrected chi connectivity index (χ0v) is 18.0. The summed E-state index contributed by atoms with van der Waals surface area (Å²) >= 11 is 0. The molecule has 0 aliphatic heterocycles. The van der Waals surface area contributed by atoms with Crippen LogP contribution in [0.15, 0.2) is 59.5 Å². The summed E-state index contributed by atoms with van der Waals surface area (Å²) < 4.78 is 33.8. The van der Waals surface area contributed by atoms with Gasteiger partial charge in [0.2, 0.25) is 5.91 Å². The summed E-state index contributed by atoms with van der Waals surface area (Å²) in [5, 5.41) is 3.10. The molecule has 7 heteroatoms. The summed E-state index contributed by atoms with van der Waals surface area (Å²) in [4.78, 5) is 13.1. The number of nitrogens with one attached hydrogen (secondary N) is 1. The fraction of sp³-hybridized carbons (Fsp3) is 0.435. The molecule has 160 valence electrons. The Morgan fingerprint density at radius 2 is 1.80 bits per heavy atom. The lowest BCUT2D eigenvalue weighted by Crippen LogP contribution is -2.46. The molecule has 3 atom stereocenters. The van der Waals surface area contributed by atoms with Crippen LogP contribution < -0.4 is 14.4 Å². The molecule has 2 saturated carbocycles. The maximum Gasteiger partial charge on any atom is 0.264 e. The van der Waals surface area contributed by atoms with Gasteiger partial charge in [-0.2, -0.15) is 0 Å². The molecule has 2 bridgehead atoms. The molecule has 0 heterocycles. The first kappa shape index (κ1) is 20.7. The minimum Gasteiger partial charge on any atom is -0.492 e. The Bertz CT molecular complexity index is 993. The van der Waals surface area contributed by atoms with Crippen LogP contribution in [0.2, 0.25) is 0 Å². The molecule has 2 aromatic rings. The largest absolute Gasteiger partial charge is 0.492 e. The second-order valence-corrected chi connectivity index (χ2v) is 9.94. The summed E-state index contributed by atoms with van der Waals surface area (Å²) in [6.45, 7) is 1.96. The highest BCUT2D eigenvalue weighted by Crippen LogP contribution is 2.44. The number of ether oxygens (including phenoxy) is 1. The minimum absolute atomic E-state index is 0.143. The van der Waals surface area contributed by atoms with Crippen LogP contribution in [0.4, 0.5) is 5.69 Å². The number of anilines is 1. The maximum atomic E-state index is 13.5. The summed E-state index contributed by atoms with van der Waals surface area (Å²) in [6.07, 6.45) is 4.56. The van der Waals surface area contributed by atoms with Gasteiger partial charge in [-0.05, 0) is 62.3 Å². The van der Waals surface area contributed by atoms with E-state index in [-0.39, 0.29) is 23.4 Å². The predicted octanol–water partition coefficient (Wildman–Crippen LogP) is 3.59. The van der Waals surface area contributed by atoms with E-state index in [2.05, 4.69) is 5.32 Å². The van der Waals surface area contributed by atoms with Crippen LogP contribution in [0.1, 0.15) is 32.6 Å². The lowest BCUT2D eigenvalue weighted by atomic mass is 9.95. The zero-order chi connectivity index (χ0) is 21.1. The minimum atomic E-state index is -3.94. The summed E-state index contributed by atoms with van der Waals surface area (Å²) in [5.41, 5.74) is 0.367. The van der Waals surface area contributed by atoms with Crippen molar-refractivity contribution in [3.05, 3.63) is 54.6 Å². The topological polar surface area (TPSA) is 75.7 Å². The molecule has 0 aromatic heterocycles. The normalized spacial score (nSPS) is 22.6. The Balaban J connectivity index is 1.63. The van der Waals surface area contributed by atoms with Crippen molar-refractivity contribution in [1.29, 1.82) is 0 Å². The van der Waals surface area contributed by atoms with Crippen molar-refractivity contribution >= 4 is 21.6 Å². The average molecular weight is 429 g/mol. The van der Waals surface area contributed by atoms with Crippen molar-refractivity contribution in [3.8, 4) is 5.75 Å². The van der Waals surface area contributed by atoms with Gasteiger partial charge in [0.1, 0.15) is 12.3 Å². The van der Waals surface area contributed by atoms with Crippen molar-refractivity contribution in [1.82, 2.24) is 5.32 Å². The van der Waals surface area contributed by atoms with Gasteiger partial charge in [-0.25, -0.2) is 8.42 Å². The molecule has 2 aromatic carbocycles. The number of hydrogen-bond acceptors (Lipinski definition) is 4. The highest BCUT2D eigenvalue weighted by molar-refractivity contribution is 7.92. The lowest BCUT2D eigenvalue weighted by molar-refractivity contribution is -0.120. The standard InChI is InChI=1S/C23H28N2O4S/c1-2-29-22-11-7-6-10-21(22)25(30(27,28)19-8-4-3-5-9-19)16-23(26)24-20-15-17-12-13-18(20)14-17/h3-11,17-18,20H,2,12-16H2,1H3,(H,24,26)/t17-,18-,20-/m1/s1. The van der Waals surface area contributed by atoms with Crippen LogP contribution in [-0.4, -0.2) is 33.5 Å². The fourth-order valence-corrected chi connectivity index (χ4v) is 6.22. The molecule has 1 amide bonds. The van der Waals surface area contributed by atoms with E-state index in [0.717, 1.165) is 17.1 Å². The molecule has 0 radical (unpaired) electrons. The number of para-hydroxylation sites is 2. The van der Waals surface area contributed by atoms with Gasteiger partial charge in [-0.1, -0.05) is 36.8 Å². The smallest absolute Gasteiger partial charge is 0.264 e. The van der Waals surface area contributed by atoms with Gasteiger partial charge in [-0.3, -0.25) is 9.10 Å². The number of sulfonamides is 1. The van der Waals surface area contributed by atoms with E-state index in [9.17, 15) is 13.2 Å². The van der Waals surface area contributed by atoms with E-state index >= 15 is 0 Å². The van der Waals surface area contributed by atoms with Gasteiger partial charge in [0, 0.05) is 6.04 Å². The molecule has 2 fully saturated rings. The Morgan fingerprint density at radius 3 is 2.47 bits per heavy atom. The average Bonchev–Trinajstić information content (AvgIpc) is 3.37. The van der Waals surface area contributed by atoms with Crippen molar-refractivity contribution in [2.45, 2.75) is 43.5 Å². The molecule has 0 saturated heterocycles. The first-order valence-electron chi connectivity index (χ1n) is 10.6. The number of fused-ring (bicyclic) bond motifs is 2. The van der Waals surface area contributed by atoms with Crippen LogP contribution in [0.25, 0.3) is 0 Å². The van der Waals surface area contributed by atoms with E-state index in [1.807, 2.05) is 6.92 Å². The van der Waals surface area contributed by atoms with Crippen LogP contribution in [-0.2, 0) is 14.8 Å². The summed E-state index contributed by atoms with van der Waals surface area (Å²) in [6, 6.07) is 15.3. The van der Waals surface area contributed by atoms with Crippen LogP contribution in [0.3, 0.4) is 0 Å². The highest BCUT2D eigenvalue weighted by atomic mass is 32.2. The molecule has 2 aliphatic carbocycles. The van der Waals surface area contributed by atoms with E-state index in [0.29, 0.717) is 29.9 Å². The molecule has 4 rings (SSSR count). The van der Waals surface area contributed by atoms with Gasteiger partial charge in [0.05, 0.1) is 17.2 Å². The first-order valence-corrected chi connectivity index (χ1v) is 12.0. The van der Waals surface area contributed by atoms with Crippen LogP contribution in [0.5, 0.6) is 5.75 Å². The number of rotatable bonds is 8. The maximum absolute atomic E-state index is 13.5. The predicted molar refractivity (Wildman–Crippen MR) is 116 cm³/mol. The zero-order valence-electron chi connectivity index (χ0n) is 17.2. The monoisotopic (exact) mass is 428 g/mol. The molecule has 2 aliphatic rings. The number of nitrogens with zero attached hydrogens (tertiary/aromatic N) is 1. The summed E-state index contributed by atoms with van der Waals surface area (Å²) in [7, 11) is -3.94. The van der Waals surface area contributed by atoms with Gasteiger partial charge >= 0.3 is 0 Å². The number of benzene rings is 2. The number of hydrogen-bond donors (Lipinski definition) is 1. The van der Waals surface area contributed by atoms with Crippen molar-refractivity contribution in [2.75, 3.05) is 17.5 Å². The molecular weight excluding hydrogens is 400 g/mol. The molecule has 0 unspecified atom stereocenters. The second-order valence-electron chi connectivity index (χ2n) is 8.07. The molecule has 30 heavy (non-hydrogen) atoms. The third kappa shape index (κ3) is 4.17. The number of carbonyl (C=O) groups excluding carboxylic acids is 1. The third-order valence-electron chi connectivity index (χ3n) is 6.14. The molecular formula is C23H28N2O4S. The number of carbonyl (C=O) groups is 1. The Morgan fingerprint density at radius 1 is 1.07 bits per heavy atom. The van der Waals surface area contributed by atoms with Gasteiger partial charge in [0.25, 0.3) is 10.0 Å². The van der Waals surface area contributed by atoms with Crippen molar-refractivity contribution in [2.24, 2.45) is 11.8 Å². The quantitative estimate of drug-likeness (QED) is 0.697. The van der Waals surface area contributed by atoms with E-state index in [1.54, 1.807) is 54.6 Å². The van der Waals surface area contributed by atoms with Crippen LogP contribution in [0, 0.1) is 11.8 Å². The highest BCUT2D eigenvalue weighted by Gasteiger charge is 2.40.